The number of amides is 1. The molecule has 4 heteroatoms. The second kappa shape index (κ2) is 5.94. The number of rotatable bonds is 5. The zero-order chi connectivity index (χ0) is 10.4. The molecule has 1 amide bonds. The van der Waals surface area contributed by atoms with Crippen molar-refractivity contribution in [3.05, 3.63) is 0 Å². The molecule has 1 N–H and O–H groups in total. The second-order valence-electron chi connectivity index (χ2n) is 3.48. The minimum Gasteiger partial charge on any atom is -0.392 e. The summed E-state index contributed by atoms with van der Waals surface area (Å²) in [5.74, 6) is -0.102. The lowest BCUT2D eigenvalue weighted by atomic mass is 10.3. The zero-order valence-electron chi connectivity index (χ0n) is 8.78. The van der Waals surface area contributed by atoms with Crippen LogP contribution in [0.1, 0.15) is 20.8 Å². The summed E-state index contributed by atoms with van der Waals surface area (Å²) < 4.78 is 5.13. The van der Waals surface area contributed by atoms with Crippen molar-refractivity contribution in [2.45, 2.75) is 33.0 Å². The quantitative estimate of drug-likeness (QED) is 0.674. The van der Waals surface area contributed by atoms with Crippen LogP contribution in [-0.4, -0.2) is 48.3 Å². The topological polar surface area (TPSA) is 49.8 Å². The van der Waals surface area contributed by atoms with E-state index in [1.165, 1.54) is 4.90 Å². The van der Waals surface area contributed by atoms with Crippen LogP contribution in [0.25, 0.3) is 0 Å². The van der Waals surface area contributed by atoms with Crippen LogP contribution in [0.5, 0.6) is 0 Å². The van der Waals surface area contributed by atoms with E-state index >= 15 is 0 Å². The van der Waals surface area contributed by atoms with Gasteiger partial charge in [0.2, 0.25) is 5.91 Å². The fourth-order valence-corrected chi connectivity index (χ4v) is 0.846. The molecule has 0 radical (unpaired) electrons. The molecule has 0 aliphatic rings. The summed E-state index contributed by atoms with van der Waals surface area (Å²) in [7, 11) is 1.65. The lowest BCUT2D eigenvalue weighted by Crippen LogP contribution is -2.36. The summed E-state index contributed by atoms with van der Waals surface area (Å²) in [6.45, 7) is 5.83. The van der Waals surface area contributed by atoms with Crippen LogP contribution in [0.15, 0.2) is 0 Å². The summed E-state index contributed by atoms with van der Waals surface area (Å²) in [4.78, 5) is 12.7. The van der Waals surface area contributed by atoms with Gasteiger partial charge < -0.3 is 14.7 Å². The normalized spacial score (nSPS) is 13.1. The van der Waals surface area contributed by atoms with Gasteiger partial charge in [-0.05, 0) is 20.8 Å². The first kappa shape index (κ1) is 12.4. The van der Waals surface area contributed by atoms with Crippen molar-refractivity contribution in [3.63, 3.8) is 0 Å². The molecule has 0 heterocycles. The number of nitrogens with zero attached hydrogens (tertiary/aromatic N) is 1. The van der Waals surface area contributed by atoms with E-state index in [1.807, 2.05) is 13.8 Å². The summed E-state index contributed by atoms with van der Waals surface area (Å²) >= 11 is 0. The molecule has 0 aromatic rings. The standard InChI is InChI=1S/C9H19NO3/c1-7(2)13-6-9(12)10(4)5-8(3)11/h7-8,11H,5-6H2,1-4H3. The highest BCUT2D eigenvalue weighted by Gasteiger charge is 2.11. The highest BCUT2D eigenvalue weighted by molar-refractivity contribution is 5.77. The molecule has 1 atom stereocenters. The molecule has 0 aliphatic carbocycles. The van der Waals surface area contributed by atoms with Gasteiger partial charge in [0.05, 0.1) is 12.2 Å². The Kier molecular flexibility index (Phi) is 5.66. The summed E-state index contributed by atoms with van der Waals surface area (Å²) in [6.07, 6.45) is -0.433. The summed E-state index contributed by atoms with van der Waals surface area (Å²) in [5.41, 5.74) is 0. The molecule has 1 unspecified atom stereocenters. The number of carbonyl (C=O) groups is 1. The number of carbonyl (C=O) groups excluding carboxylic acids is 1. The Morgan fingerprint density at radius 2 is 2.00 bits per heavy atom. The molecule has 13 heavy (non-hydrogen) atoms. The Labute approximate surface area is 79.5 Å². The Balaban J connectivity index is 3.69. The van der Waals surface area contributed by atoms with E-state index in [4.69, 9.17) is 9.84 Å². The first-order valence-electron chi connectivity index (χ1n) is 4.47. The predicted octanol–water partition coefficient (Wildman–Crippen LogP) is 0.251. The van der Waals surface area contributed by atoms with Gasteiger partial charge in [-0.25, -0.2) is 0 Å². The van der Waals surface area contributed by atoms with Crippen LogP contribution in [0.3, 0.4) is 0 Å². The number of ether oxygens (including phenoxy) is 1. The van der Waals surface area contributed by atoms with Crippen molar-refractivity contribution in [1.82, 2.24) is 4.90 Å². The van der Waals surface area contributed by atoms with Crippen molar-refractivity contribution >= 4 is 5.91 Å². The van der Waals surface area contributed by atoms with Crippen LogP contribution < -0.4 is 0 Å². The molecule has 0 saturated carbocycles. The van der Waals surface area contributed by atoms with Crippen LogP contribution in [0.2, 0.25) is 0 Å². The largest absolute Gasteiger partial charge is 0.392 e. The number of hydrogen-bond acceptors (Lipinski definition) is 3. The third-order valence-corrected chi connectivity index (χ3v) is 1.50. The van der Waals surface area contributed by atoms with Crippen LogP contribution in [0, 0.1) is 0 Å². The fraction of sp³-hybridized carbons (Fsp3) is 0.889. The molecular weight excluding hydrogens is 170 g/mol. The van der Waals surface area contributed by atoms with Gasteiger partial charge in [0, 0.05) is 13.6 Å². The Morgan fingerprint density at radius 1 is 1.46 bits per heavy atom. The van der Waals surface area contributed by atoms with E-state index in [2.05, 4.69) is 0 Å². The molecule has 0 aromatic heterocycles. The maximum Gasteiger partial charge on any atom is 0.248 e. The smallest absolute Gasteiger partial charge is 0.248 e. The van der Waals surface area contributed by atoms with Crippen LogP contribution in [-0.2, 0) is 9.53 Å². The first-order valence-corrected chi connectivity index (χ1v) is 4.47. The van der Waals surface area contributed by atoms with E-state index in [1.54, 1.807) is 14.0 Å². The maximum absolute atomic E-state index is 11.3. The third kappa shape index (κ3) is 6.54. The average molecular weight is 189 g/mol. The van der Waals surface area contributed by atoms with Crippen molar-refractivity contribution in [3.8, 4) is 0 Å². The average Bonchev–Trinajstić information content (AvgIpc) is 1.98. The van der Waals surface area contributed by atoms with Gasteiger partial charge >= 0.3 is 0 Å². The van der Waals surface area contributed by atoms with E-state index < -0.39 is 6.10 Å². The lowest BCUT2D eigenvalue weighted by Gasteiger charge is -2.19. The van der Waals surface area contributed by atoms with Gasteiger partial charge in [-0.1, -0.05) is 0 Å². The van der Waals surface area contributed by atoms with E-state index in [9.17, 15) is 4.79 Å². The maximum atomic E-state index is 11.3. The number of aliphatic hydroxyl groups is 1. The highest BCUT2D eigenvalue weighted by Crippen LogP contribution is 1.93. The first-order chi connectivity index (χ1) is 5.93. The highest BCUT2D eigenvalue weighted by atomic mass is 16.5. The van der Waals surface area contributed by atoms with Gasteiger partial charge in [-0.2, -0.15) is 0 Å². The number of aliphatic hydroxyl groups excluding tert-OH is 1. The van der Waals surface area contributed by atoms with Gasteiger partial charge in [-0.15, -0.1) is 0 Å². The van der Waals surface area contributed by atoms with Crippen LogP contribution in [0.4, 0.5) is 0 Å². The Morgan fingerprint density at radius 3 is 2.38 bits per heavy atom. The van der Waals surface area contributed by atoms with Gasteiger partial charge in [0.1, 0.15) is 6.61 Å². The molecule has 0 aliphatic heterocycles. The van der Waals surface area contributed by atoms with Crippen molar-refractivity contribution < 1.29 is 14.6 Å². The van der Waals surface area contributed by atoms with Crippen molar-refractivity contribution in [2.75, 3.05) is 20.2 Å². The molecule has 0 rings (SSSR count). The van der Waals surface area contributed by atoms with E-state index in [0.29, 0.717) is 6.54 Å². The zero-order valence-corrected chi connectivity index (χ0v) is 8.78. The van der Waals surface area contributed by atoms with Crippen LogP contribution >= 0.6 is 0 Å². The molecular formula is C9H19NO3. The van der Waals surface area contributed by atoms with Gasteiger partial charge in [0.15, 0.2) is 0 Å². The number of likely N-dealkylation sites (N-methyl/N-ethyl adjacent to an activating group) is 1. The molecule has 0 bridgehead atoms. The SMILES string of the molecule is CC(O)CN(C)C(=O)COC(C)C. The molecule has 4 nitrogen and oxygen atoms in total. The summed E-state index contributed by atoms with van der Waals surface area (Å²) in [5, 5.41) is 9.01. The molecule has 78 valence electrons. The molecule has 0 spiro atoms. The molecule has 0 aromatic carbocycles. The minimum absolute atomic E-state index is 0.0592. The lowest BCUT2D eigenvalue weighted by molar-refractivity contribution is -0.137. The van der Waals surface area contributed by atoms with Gasteiger partial charge in [-0.3, -0.25) is 4.79 Å². The second-order valence-corrected chi connectivity index (χ2v) is 3.48. The predicted molar refractivity (Wildman–Crippen MR) is 50.4 cm³/mol. The van der Waals surface area contributed by atoms with Crippen molar-refractivity contribution in [2.24, 2.45) is 0 Å². The fourth-order valence-electron chi connectivity index (χ4n) is 0.846. The Hall–Kier alpha value is -0.610. The molecule has 0 saturated heterocycles. The van der Waals surface area contributed by atoms with Crippen molar-refractivity contribution in [1.29, 1.82) is 0 Å². The van der Waals surface area contributed by atoms with E-state index in [0.717, 1.165) is 0 Å². The number of hydrogen-bond donors (Lipinski definition) is 1. The minimum atomic E-state index is -0.493. The monoisotopic (exact) mass is 189 g/mol. The Bertz CT molecular complexity index is 157. The van der Waals surface area contributed by atoms with Gasteiger partial charge in [0.25, 0.3) is 0 Å². The summed E-state index contributed by atoms with van der Waals surface area (Å²) in [6, 6.07) is 0. The third-order valence-electron chi connectivity index (χ3n) is 1.50. The molecule has 0 fully saturated rings. The van der Waals surface area contributed by atoms with E-state index in [-0.39, 0.29) is 18.6 Å².